The second kappa shape index (κ2) is 6.53. The van der Waals surface area contributed by atoms with Crippen LogP contribution in [0.4, 0.5) is 4.39 Å². The summed E-state index contributed by atoms with van der Waals surface area (Å²) in [6.07, 6.45) is 4.78. The quantitative estimate of drug-likeness (QED) is 0.747. The fraction of sp³-hybridized carbons (Fsp3) is 0.652. The van der Waals surface area contributed by atoms with Crippen LogP contribution in [0.1, 0.15) is 57.9 Å². The largest absolute Gasteiger partial charge is 0.473 e. The third kappa shape index (κ3) is 3.20. The summed E-state index contributed by atoms with van der Waals surface area (Å²) in [5.74, 6) is 0.378. The Bertz CT molecular complexity index is 1080. The standard InChI is InChI=1S/C23H29FN2O4S/c1-21(2)18(8-15-5-3-4-6-17(15)24)31(28,29)26-19(30-21)12-22-9-14-7-16(22)11-23(10-14,13-22)20(25)27/h3-6,14,16,18H,7-13H2,1-2H3,(H2,25,27)/t14?,16?,18-,22?,23?/m1/s1. The lowest BCUT2D eigenvalue weighted by Crippen LogP contribution is -2.51. The van der Waals surface area contributed by atoms with Crippen molar-refractivity contribution in [1.82, 2.24) is 0 Å². The Kier molecular flexibility index (Phi) is 4.40. The van der Waals surface area contributed by atoms with Crippen LogP contribution in [0.5, 0.6) is 0 Å². The highest BCUT2D eigenvalue weighted by Crippen LogP contribution is 2.71. The molecule has 1 aromatic carbocycles. The van der Waals surface area contributed by atoms with Crippen LogP contribution in [0, 0.1) is 28.5 Å². The maximum Gasteiger partial charge on any atom is 0.263 e. The molecule has 4 bridgehead atoms. The maximum absolute atomic E-state index is 14.2. The van der Waals surface area contributed by atoms with Gasteiger partial charge in [0.25, 0.3) is 10.0 Å². The molecule has 2 N–H and O–H groups in total. The highest BCUT2D eigenvalue weighted by molar-refractivity contribution is 7.91. The predicted octanol–water partition coefficient (Wildman–Crippen LogP) is 3.35. The Hall–Kier alpha value is -1.96. The first-order valence-corrected chi connectivity index (χ1v) is 12.5. The lowest BCUT2D eigenvalue weighted by Gasteiger charge is -2.41. The summed E-state index contributed by atoms with van der Waals surface area (Å²) >= 11 is 0. The topological polar surface area (TPSA) is 98.8 Å². The van der Waals surface area contributed by atoms with E-state index in [4.69, 9.17) is 10.5 Å². The summed E-state index contributed by atoms with van der Waals surface area (Å²) in [6.45, 7) is 3.46. The number of hydrogen-bond donors (Lipinski definition) is 1. The number of amides is 1. The Morgan fingerprint density at radius 1 is 1.26 bits per heavy atom. The van der Waals surface area contributed by atoms with Crippen molar-refractivity contribution in [3.05, 3.63) is 35.6 Å². The van der Waals surface area contributed by atoms with Crippen molar-refractivity contribution in [3.8, 4) is 0 Å². The first kappa shape index (κ1) is 20.9. The van der Waals surface area contributed by atoms with Gasteiger partial charge in [0.1, 0.15) is 16.7 Å². The zero-order chi connectivity index (χ0) is 22.2. The van der Waals surface area contributed by atoms with E-state index in [0.29, 0.717) is 30.2 Å². The molecular weight excluding hydrogens is 419 g/mol. The molecule has 0 aromatic heterocycles. The lowest BCUT2D eigenvalue weighted by atomic mass is 9.66. The van der Waals surface area contributed by atoms with Crippen LogP contribution >= 0.6 is 0 Å². The number of nitrogens with two attached hydrogens (primary N) is 1. The average Bonchev–Trinajstić information content (AvgIpc) is 3.00. The minimum atomic E-state index is -3.90. The molecule has 1 amide bonds. The van der Waals surface area contributed by atoms with E-state index >= 15 is 0 Å². The molecule has 0 spiro atoms. The van der Waals surface area contributed by atoms with E-state index < -0.39 is 32.1 Å². The van der Waals surface area contributed by atoms with Gasteiger partial charge in [0.2, 0.25) is 11.8 Å². The molecule has 31 heavy (non-hydrogen) atoms. The predicted molar refractivity (Wildman–Crippen MR) is 114 cm³/mol. The second-order valence-corrected chi connectivity index (χ2v) is 12.5. The molecule has 5 atom stereocenters. The van der Waals surface area contributed by atoms with Crippen molar-refractivity contribution in [1.29, 1.82) is 0 Å². The second-order valence-electron chi connectivity index (χ2n) is 10.8. The molecule has 0 radical (unpaired) electrons. The maximum atomic E-state index is 14.2. The number of nitrogens with zero attached hydrogens (tertiary/aromatic N) is 1. The normalized spacial score (nSPS) is 39.2. The first-order valence-electron chi connectivity index (χ1n) is 11.0. The van der Waals surface area contributed by atoms with Crippen molar-refractivity contribution in [2.45, 2.75) is 69.6 Å². The number of sulfonamides is 1. The molecule has 4 unspecified atom stereocenters. The van der Waals surface area contributed by atoms with Crippen LogP contribution in [0.2, 0.25) is 0 Å². The Balaban J connectivity index is 1.43. The summed E-state index contributed by atoms with van der Waals surface area (Å²) in [5, 5.41) is -0.980. The van der Waals surface area contributed by atoms with Crippen LogP contribution in [0.25, 0.3) is 0 Å². The van der Waals surface area contributed by atoms with E-state index in [2.05, 4.69) is 4.40 Å². The fourth-order valence-electron chi connectivity index (χ4n) is 7.18. The molecule has 6 rings (SSSR count). The average molecular weight is 449 g/mol. The van der Waals surface area contributed by atoms with Gasteiger partial charge in [0.15, 0.2) is 0 Å². The van der Waals surface area contributed by atoms with Gasteiger partial charge in [-0.25, -0.2) is 12.8 Å². The van der Waals surface area contributed by atoms with Crippen LogP contribution < -0.4 is 5.73 Å². The molecule has 5 aliphatic rings. The van der Waals surface area contributed by atoms with Gasteiger partial charge in [-0.3, -0.25) is 4.79 Å². The summed E-state index contributed by atoms with van der Waals surface area (Å²) in [6, 6.07) is 6.19. The molecule has 8 heteroatoms. The van der Waals surface area contributed by atoms with Crippen LogP contribution in [-0.4, -0.2) is 31.1 Å². The van der Waals surface area contributed by atoms with E-state index in [1.165, 1.54) is 6.07 Å². The van der Waals surface area contributed by atoms with Gasteiger partial charge in [-0.2, -0.15) is 0 Å². The third-order valence-corrected chi connectivity index (χ3v) is 10.2. The van der Waals surface area contributed by atoms with E-state index in [0.717, 1.165) is 25.7 Å². The van der Waals surface area contributed by atoms with Gasteiger partial charge in [0, 0.05) is 6.42 Å². The zero-order valence-electron chi connectivity index (χ0n) is 17.9. The van der Waals surface area contributed by atoms with Gasteiger partial charge in [0.05, 0.1) is 5.41 Å². The summed E-state index contributed by atoms with van der Waals surface area (Å²) in [5.41, 5.74) is 4.44. The molecule has 0 saturated heterocycles. The highest BCUT2D eigenvalue weighted by Gasteiger charge is 2.66. The Labute approximate surface area is 182 Å². The Morgan fingerprint density at radius 2 is 2.00 bits per heavy atom. The van der Waals surface area contributed by atoms with Crippen LogP contribution in [-0.2, 0) is 26.0 Å². The fourth-order valence-corrected chi connectivity index (χ4v) is 8.85. The number of halogens is 1. The van der Waals surface area contributed by atoms with Crippen LogP contribution in [0.3, 0.4) is 0 Å². The van der Waals surface area contributed by atoms with E-state index in [1.807, 2.05) is 0 Å². The molecular formula is C23H29FN2O4S. The number of carbonyl (C=O) groups is 1. The van der Waals surface area contributed by atoms with Crippen molar-refractivity contribution < 1.29 is 22.3 Å². The smallest absolute Gasteiger partial charge is 0.263 e. The number of benzene rings is 1. The molecule has 168 valence electrons. The van der Waals surface area contributed by atoms with Crippen LogP contribution in [0.15, 0.2) is 28.7 Å². The molecule has 4 aliphatic carbocycles. The Morgan fingerprint density at radius 3 is 2.68 bits per heavy atom. The summed E-state index contributed by atoms with van der Waals surface area (Å²) < 4.78 is 50.8. The number of ether oxygens (including phenoxy) is 1. The minimum absolute atomic E-state index is 0.000580. The van der Waals surface area contributed by atoms with Gasteiger partial charge in [-0.05, 0) is 81.3 Å². The molecule has 1 heterocycles. The van der Waals surface area contributed by atoms with E-state index in [9.17, 15) is 17.6 Å². The lowest BCUT2D eigenvalue weighted by molar-refractivity contribution is -0.130. The SMILES string of the molecule is CC1(C)OC(CC23CC4CC2CC(C(N)=O)(C4)C3)=NS(=O)(=O)[C@@H]1Cc1ccccc1F. The van der Waals surface area contributed by atoms with Gasteiger partial charge in [-0.15, -0.1) is 4.40 Å². The molecule has 6 nitrogen and oxygen atoms in total. The molecule has 1 aromatic rings. The van der Waals surface area contributed by atoms with Gasteiger partial charge < -0.3 is 10.5 Å². The monoisotopic (exact) mass is 448 g/mol. The molecule has 1 aliphatic heterocycles. The molecule has 4 saturated carbocycles. The van der Waals surface area contributed by atoms with E-state index in [1.54, 1.807) is 32.0 Å². The van der Waals surface area contributed by atoms with Gasteiger partial charge >= 0.3 is 0 Å². The highest BCUT2D eigenvalue weighted by atomic mass is 32.2. The number of hydrogen-bond acceptors (Lipinski definition) is 4. The summed E-state index contributed by atoms with van der Waals surface area (Å²) in [4.78, 5) is 12.2. The van der Waals surface area contributed by atoms with Gasteiger partial charge in [-0.1, -0.05) is 18.2 Å². The first-order chi connectivity index (χ1) is 14.4. The zero-order valence-corrected chi connectivity index (χ0v) is 18.8. The van der Waals surface area contributed by atoms with Crippen molar-refractivity contribution >= 4 is 21.8 Å². The number of carbonyl (C=O) groups excluding carboxylic acids is 1. The number of rotatable bonds is 5. The molecule has 4 fully saturated rings. The van der Waals surface area contributed by atoms with Crippen molar-refractivity contribution in [3.63, 3.8) is 0 Å². The number of primary amides is 1. The van der Waals surface area contributed by atoms with E-state index in [-0.39, 0.29) is 23.6 Å². The third-order valence-electron chi connectivity index (χ3n) is 8.32. The summed E-state index contributed by atoms with van der Waals surface area (Å²) in [7, 11) is -3.90. The minimum Gasteiger partial charge on any atom is -0.473 e. The van der Waals surface area contributed by atoms with Crippen molar-refractivity contribution in [2.24, 2.45) is 32.8 Å². The van der Waals surface area contributed by atoms with Crippen molar-refractivity contribution in [2.75, 3.05) is 0 Å².